The largest absolute Gasteiger partial charge is 2.00 e. The summed E-state index contributed by atoms with van der Waals surface area (Å²) in [6, 6.07) is 23.2. The first-order chi connectivity index (χ1) is 19.6. The van der Waals surface area contributed by atoms with Gasteiger partial charge >= 0.3 is 23.2 Å². The minimum absolute atomic E-state index is 0. The summed E-state index contributed by atoms with van der Waals surface area (Å²) in [5.74, 6) is -2.84. The van der Waals surface area contributed by atoms with Crippen LogP contribution in [0.4, 0.5) is 13.2 Å². The van der Waals surface area contributed by atoms with E-state index in [1.807, 2.05) is 48.5 Å². The molecule has 0 atom stereocenters. The van der Waals surface area contributed by atoms with Crippen LogP contribution in [0.15, 0.2) is 91.3 Å². The molecule has 14 heteroatoms. The molecule has 0 saturated heterocycles. The van der Waals surface area contributed by atoms with E-state index in [1.54, 1.807) is 18.5 Å². The molecule has 0 fully saturated rings. The predicted octanol–water partition coefficient (Wildman–Crippen LogP) is 6.03. The molecule has 0 bridgehead atoms. The number of fused-ring (bicyclic) bond motifs is 7. The molecule has 6 aromatic rings. The van der Waals surface area contributed by atoms with E-state index in [2.05, 4.69) is 9.97 Å². The molecule has 10 nitrogen and oxygen atoms in total. The van der Waals surface area contributed by atoms with E-state index < -0.39 is 29.3 Å². The summed E-state index contributed by atoms with van der Waals surface area (Å²) in [6.45, 7) is 0. The number of nitrogens with zero attached hydrogens (tertiary/aromatic N) is 5. The van der Waals surface area contributed by atoms with Crippen molar-refractivity contribution in [3.8, 4) is 0 Å². The van der Waals surface area contributed by atoms with Gasteiger partial charge in [-0.15, -0.1) is 0 Å². The van der Waals surface area contributed by atoms with Crippen LogP contribution in [0.3, 0.4) is 0 Å². The van der Waals surface area contributed by atoms with Crippen LogP contribution in [0.2, 0.25) is 0 Å². The Balaban J connectivity index is 0.000000213. The minimum Gasteiger partial charge on any atom is -0.356 e. The fourth-order valence-corrected chi connectivity index (χ4v) is 3.92. The van der Waals surface area contributed by atoms with Crippen molar-refractivity contribution in [1.29, 1.82) is 0 Å². The summed E-state index contributed by atoms with van der Waals surface area (Å²) in [5, 5.41) is 16.7. The van der Waals surface area contributed by atoms with Gasteiger partial charge in [0.1, 0.15) is 0 Å². The zero-order valence-corrected chi connectivity index (χ0v) is 22.0. The number of aromatic nitrogens is 4. The second kappa shape index (κ2) is 13.5. The van der Waals surface area contributed by atoms with Gasteiger partial charge in [0, 0.05) is 28.7 Å². The molecule has 0 N–H and O–H groups in total. The second-order valence-electron chi connectivity index (χ2n) is 8.32. The first-order valence-electron chi connectivity index (χ1n) is 11.7. The Morgan fingerprint density at radius 3 is 1.55 bits per heavy atom. The van der Waals surface area contributed by atoms with Crippen LogP contribution >= 0.6 is 0 Å². The Labute approximate surface area is 244 Å². The average molecular weight is 624 g/mol. The number of para-hydroxylation sites is 2. The zero-order valence-electron chi connectivity index (χ0n) is 21.1. The van der Waals surface area contributed by atoms with E-state index >= 15 is 0 Å². The molecular weight excluding hydrogens is 607 g/mol. The van der Waals surface area contributed by atoms with Crippen LogP contribution < -0.4 is 0 Å². The van der Waals surface area contributed by atoms with Crippen molar-refractivity contribution in [1.82, 2.24) is 19.9 Å². The van der Waals surface area contributed by atoms with Crippen molar-refractivity contribution in [3.63, 3.8) is 0 Å². The van der Waals surface area contributed by atoms with Crippen LogP contribution in [0, 0.1) is 15.3 Å². The van der Waals surface area contributed by atoms with Crippen molar-refractivity contribution < 1.29 is 44.9 Å². The maximum Gasteiger partial charge on any atom is 2.00 e. The van der Waals surface area contributed by atoms with Crippen molar-refractivity contribution >= 4 is 55.4 Å². The van der Waals surface area contributed by atoms with Crippen molar-refractivity contribution in [2.75, 3.05) is 0 Å². The summed E-state index contributed by atoms with van der Waals surface area (Å²) in [5.41, 5.74) is 5.39. The molecule has 0 aliphatic rings. The van der Waals surface area contributed by atoms with Crippen LogP contribution in [0.5, 0.6) is 0 Å². The molecule has 3 aromatic heterocycles. The SMILES string of the molecule is O=C(CC(=O)C(F)(F)F)c1ccccc1.O=[N+]([O-])[O-].[Cu+2].c1ccc2nc3c4cccnc4c4ncccc4c3nc2c1. The van der Waals surface area contributed by atoms with Gasteiger partial charge in [0.15, 0.2) is 5.78 Å². The van der Waals surface area contributed by atoms with E-state index in [-0.39, 0.29) is 22.6 Å². The summed E-state index contributed by atoms with van der Waals surface area (Å²) in [4.78, 5) is 48.6. The Kier molecular flexibility index (Phi) is 10.1. The molecule has 0 aliphatic heterocycles. The Morgan fingerprint density at radius 1 is 0.690 bits per heavy atom. The number of rotatable bonds is 3. The molecule has 0 saturated carbocycles. The number of ketones is 2. The Bertz CT molecular complexity index is 1810. The first kappa shape index (κ1) is 31.5. The third-order valence-electron chi connectivity index (χ3n) is 5.65. The van der Waals surface area contributed by atoms with E-state index in [0.717, 1.165) is 43.9 Å². The smallest absolute Gasteiger partial charge is 0.356 e. The number of benzene rings is 3. The molecule has 1 radical (unpaired) electrons. The first-order valence-corrected chi connectivity index (χ1v) is 11.7. The van der Waals surface area contributed by atoms with Crippen molar-refractivity contribution in [2.24, 2.45) is 0 Å². The van der Waals surface area contributed by atoms with Crippen molar-refractivity contribution in [3.05, 3.63) is 112 Å². The third kappa shape index (κ3) is 7.36. The second-order valence-corrected chi connectivity index (χ2v) is 8.32. The molecule has 3 heterocycles. The van der Waals surface area contributed by atoms with Gasteiger partial charge in [-0.05, 0) is 36.4 Å². The summed E-state index contributed by atoms with van der Waals surface area (Å²) in [6.07, 6.45) is -2.49. The molecule has 0 aliphatic carbocycles. The van der Waals surface area contributed by atoms with Crippen LogP contribution in [-0.2, 0) is 21.9 Å². The fraction of sp³-hybridized carbons (Fsp3) is 0.0714. The fourth-order valence-electron chi connectivity index (χ4n) is 3.92. The van der Waals surface area contributed by atoms with E-state index in [1.165, 1.54) is 24.3 Å². The summed E-state index contributed by atoms with van der Waals surface area (Å²) >= 11 is 0. The average Bonchev–Trinajstić information content (AvgIpc) is 2.96. The molecule has 0 spiro atoms. The van der Waals surface area contributed by atoms with Gasteiger partial charge in [-0.3, -0.25) is 19.6 Å². The van der Waals surface area contributed by atoms with Gasteiger partial charge in [0.05, 0.1) is 44.6 Å². The molecular formula is C28H17CuF3N5O5+. The third-order valence-corrected chi connectivity index (χ3v) is 5.65. The number of Topliss-reactive ketones (excluding diaryl/α,β-unsaturated/α-hetero) is 2. The molecule has 42 heavy (non-hydrogen) atoms. The number of hydrogen-bond donors (Lipinski definition) is 0. The minimum atomic E-state index is -4.94. The Hall–Kier alpha value is -5.07. The maximum atomic E-state index is 11.8. The molecule has 3 aromatic carbocycles. The standard InChI is InChI=1S/C18H10N4.C10H7F3O2.Cu.NO3/c1-2-8-14-13(7-1)21-17-11-5-3-9-19-15(11)16-12(18(17)22-14)6-4-10-20-16;11-10(12,13)9(15)6-8(14)7-4-2-1-3-5-7;;2-1(3)4/h1-10H;1-5H,6H2;;/q;;+2;-1. The number of carbonyl (C=O) groups is 2. The van der Waals surface area contributed by atoms with Crippen LogP contribution in [-0.4, -0.2) is 42.8 Å². The van der Waals surface area contributed by atoms with Gasteiger partial charge in [0.25, 0.3) is 0 Å². The predicted molar refractivity (Wildman–Crippen MR) is 144 cm³/mol. The summed E-state index contributed by atoms with van der Waals surface area (Å²) in [7, 11) is 0. The quantitative estimate of drug-likeness (QED) is 0.0437. The van der Waals surface area contributed by atoms with E-state index in [4.69, 9.17) is 25.3 Å². The number of hydrogen-bond acceptors (Lipinski definition) is 9. The van der Waals surface area contributed by atoms with Gasteiger partial charge < -0.3 is 15.3 Å². The monoisotopic (exact) mass is 623 g/mol. The van der Waals surface area contributed by atoms with Gasteiger partial charge in [-0.1, -0.05) is 42.5 Å². The topological polar surface area (TPSA) is 152 Å². The number of halogens is 3. The normalized spacial score (nSPS) is 10.6. The number of carbonyl (C=O) groups excluding carboxylic acids is 2. The van der Waals surface area contributed by atoms with Crippen LogP contribution in [0.25, 0.3) is 43.9 Å². The maximum absolute atomic E-state index is 11.8. The number of alkyl halides is 3. The van der Waals surface area contributed by atoms with Crippen LogP contribution in [0.1, 0.15) is 16.8 Å². The zero-order chi connectivity index (χ0) is 29.6. The summed E-state index contributed by atoms with van der Waals surface area (Å²) < 4.78 is 35.5. The van der Waals surface area contributed by atoms with Gasteiger partial charge in [-0.25, -0.2) is 9.97 Å². The number of pyridine rings is 2. The molecule has 0 unspecified atom stereocenters. The van der Waals surface area contributed by atoms with Gasteiger partial charge in [-0.2, -0.15) is 13.2 Å². The van der Waals surface area contributed by atoms with Gasteiger partial charge in [0.2, 0.25) is 5.78 Å². The molecule has 0 amide bonds. The van der Waals surface area contributed by atoms with E-state index in [9.17, 15) is 22.8 Å². The van der Waals surface area contributed by atoms with Crippen molar-refractivity contribution in [2.45, 2.75) is 12.6 Å². The molecule has 6 rings (SSSR count). The van der Waals surface area contributed by atoms with E-state index in [0.29, 0.717) is 0 Å². The molecule has 215 valence electrons. The Morgan fingerprint density at radius 2 is 1.12 bits per heavy atom.